The van der Waals surface area contributed by atoms with Gasteiger partial charge in [-0.1, -0.05) is 24.3 Å². The fourth-order valence-electron chi connectivity index (χ4n) is 5.52. The van der Waals surface area contributed by atoms with Crippen LogP contribution in [0.4, 0.5) is 13.2 Å². The number of rotatable bonds is 4. The van der Waals surface area contributed by atoms with Gasteiger partial charge in [-0.3, -0.25) is 14.5 Å². The van der Waals surface area contributed by atoms with Crippen LogP contribution < -0.4 is 0 Å². The maximum atomic E-state index is 13.5. The third-order valence-electron chi connectivity index (χ3n) is 7.59. The summed E-state index contributed by atoms with van der Waals surface area (Å²) in [5, 5.41) is 2.12. The van der Waals surface area contributed by atoms with Crippen molar-refractivity contribution in [1.82, 2.24) is 14.7 Å². The van der Waals surface area contributed by atoms with Gasteiger partial charge in [0.25, 0.3) is 5.91 Å². The number of nitrogens with zero attached hydrogens (tertiary/aromatic N) is 3. The molecule has 1 aromatic heterocycles. The summed E-state index contributed by atoms with van der Waals surface area (Å²) in [6.07, 6.45) is -3.53. The second kappa shape index (κ2) is 10.5. The number of hydrogen-bond acceptors (Lipinski definition) is 4. The van der Waals surface area contributed by atoms with Crippen LogP contribution in [0.2, 0.25) is 0 Å². The first kappa shape index (κ1) is 26.4. The van der Waals surface area contributed by atoms with Crippen LogP contribution in [0, 0.1) is 6.92 Å². The van der Waals surface area contributed by atoms with E-state index in [2.05, 4.69) is 35.4 Å². The van der Waals surface area contributed by atoms with Crippen molar-refractivity contribution in [3.8, 4) is 0 Å². The van der Waals surface area contributed by atoms with E-state index in [1.165, 1.54) is 33.7 Å². The Balaban J connectivity index is 1.26. The summed E-state index contributed by atoms with van der Waals surface area (Å²) in [6.45, 7) is 6.16. The van der Waals surface area contributed by atoms with Gasteiger partial charge in [0.1, 0.15) is 0 Å². The first-order chi connectivity index (χ1) is 18.1. The average Bonchev–Trinajstić information content (AvgIpc) is 3.37. The minimum Gasteiger partial charge on any atom is -0.338 e. The summed E-state index contributed by atoms with van der Waals surface area (Å²) in [6, 6.07) is 14.5. The molecule has 2 atom stereocenters. The molecule has 3 heterocycles. The Morgan fingerprint density at radius 1 is 0.974 bits per heavy atom. The molecule has 38 heavy (non-hydrogen) atoms. The van der Waals surface area contributed by atoms with Crippen LogP contribution in [-0.4, -0.2) is 65.3 Å². The number of amides is 2. The number of carbonyl (C=O) groups excluding carboxylic acids is 2. The van der Waals surface area contributed by atoms with Crippen molar-refractivity contribution in [2.24, 2.45) is 0 Å². The second-order valence-corrected chi connectivity index (χ2v) is 11.0. The van der Waals surface area contributed by atoms with Crippen molar-refractivity contribution in [3.63, 3.8) is 0 Å². The molecule has 2 aromatic carbocycles. The number of benzene rings is 2. The number of carbonyl (C=O) groups is 2. The molecule has 1 fully saturated rings. The lowest BCUT2D eigenvalue weighted by Crippen LogP contribution is -2.57. The number of hydrogen-bond donors (Lipinski definition) is 0. The summed E-state index contributed by atoms with van der Waals surface area (Å²) in [5.41, 5.74) is 3.10. The van der Waals surface area contributed by atoms with Crippen LogP contribution in [0.25, 0.3) is 0 Å². The number of fused-ring (bicyclic) bond motifs is 1. The molecule has 0 spiro atoms. The molecule has 1 saturated heterocycles. The fourth-order valence-corrected chi connectivity index (χ4v) is 6.43. The normalized spacial score (nSPS) is 20.3. The van der Waals surface area contributed by atoms with E-state index in [1.54, 1.807) is 21.1 Å². The summed E-state index contributed by atoms with van der Waals surface area (Å²) < 4.78 is 38.7. The molecule has 2 amide bonds. The molecule has 0 radical (unpaired) electrons. The van der Waals surface area contributed by atoms with E-state index in [4.69, 9.17) is 0 Å². The molecule has 0 aliphatic carbocycles. The maximum Gasteiger partial charge on any atom is 0.416 e. The third-order valence-corrected chi connectivity index (χ3v) is 8.58. The molecular formula is C29H30F3N3O2S. The largest absolute Gasteiger partial charge is 0.416 e. The molecule has 5 nitrogen and oxygen atoms in total. The van der Waals surface area contributed by atoms with Crippen molar-refractivity contribution in [2.45, 2.75) is 38.5 Å². The molecule has 200 valence electrons. The quantitative estimate of drug-likeness (QED) is 0.445. The van der Waals surface area contributed by atoms with Gasteiger partial charge in [0.2, 0.25) is 5.91 Å². The highest BCUT2D eigenvalue weighted by atomic mass is 32.1. The summed E-state index contributed by atoms with van der Waals surface area (Å²) in [7, 11) is 0. The lowest BCUT2D eigenvalue weighted by molar-refractivity contribution is -0.137. The average molecular weight is 542 g/mol. The van der Waals surface area contributed by atoms with Crippen LogP contribution in [-0.2, 0) is 17.4 Å². The number of halogens is 3. The molecule has 2 aliphatic rings. The highest BCUT2D eigenvalue weighted by molar-refractivity contribution is 7.10. The molecule has 0 N–H and O–H groups in total. The standard InChI is InChI=1S/C29H30F3N3O2S/c1-19-5-3-4-6-23(19)27-24-12-16-38-25(24)11-13-34(27)18-26(36)33-14-15-35(20(2)17-33)28(37)21-7-9-22(10-8-21)29(30,31)32/h3-10,12,16,20,27H,11,13-15,17-18H2,1-2H3/t20-,27+/m0/s1. The lowest BCUT2D eigenvalue weighted by atomic mass is 9.90. The van der Waals surface area contributed by atoms with Gasteiger partial charge in [-0.05, 0) is 72.7 Å². The SMILES string of the molecule is Cc1ccccc1[C@@H]1c2ccsc2CCN1CC(=O)N1CCN(C(=O)c2ccc(C(F)(F)F)cc2)[C@@H](C)C1. The van der Waals surface area contributed by atoms with E-state index in [9.17, 15) is 22.8 Å². The van der Waals surface area contributed by atoms with Crippen LogP contribution >= 0.6 is 11.3 Å². The Hall–Kier alpha value is -3.17. The summed E-state index contributed by atoms with van der Waals surface area (Å²) in [5.74, 6) is -0.297. The predicted molar refractivity (Wildman–Crippen MR) is 141 cm³/mol. The molecule has 2 aliphatic heterocycles. The maximum absolute atomic E-state index is 13.5. The van der Waals surface area contributed by atoms with Crippen LogP contribution in [0.1, 0.15) is 50.5 Å². The highest BCUT2D eigenvalue weighted by Crippen LogP contribution is 2.39. The minimum absolute atomic E-state index is 0.0233. The predicted octanol–water partition coefficient (Wildman–Crippen LogP) is 5.40. The van der Waals surface area contributed by atoms with Gasteiger partial charge in [0.05, 0.1) is 18.2 Å². The van der Waals surface area contributed by atoms with Gasteiger partial charge in [-0.2, -0.15) is 13.2 Å². The van der Waals surface area contributed by atoms with Gasteiger partial charge in [-0.25, -0.2) is 0 Å². The Bertz CT molecular complexity index is 1320. The van der Waals surface area contributed by atoms with Crippen LogP contribution in [0.5, 0.6) is 0 Å². The van der Waals surface area contributed by atoms with E-state index in [1.807, 2.05) is 19.1 Å². The van der Waals surface area contributed by atoms with E-state index >= 15 is 0 Å². The number of piperazine rings is 1. The van der Waals surface area contributed by atoms with E-state index < -0.39 is 11.7 Å². The molecule has 0 bridgehead atoms. The molecule has 0 saturated carbocycles. The zero-order valence-electron chi connectivity index (χ0n) is 21.4. The van der Waals surface area contributed by atoms with Crippen molar-refractivity contribution in [3.05, 3.63) is 92.7 Å². The molecule has 9 heteroatoms. The van der Waals surface area contributed by atoms with Gasteiger partial charge < -0.3 is 9.80 Å². The zero-order valence-corrected chi connectivity index (χ0v) is 22.2. The summed E-state index contributed by atoms with van der Waals surface area (Å²) >= 11 is 1.77. The highest BCUT2D eigenvalue weighted by Gasteiger charge is 2.35. The monoisotopic (exact) mass is 541 g/mol. The van der Waals surface area contributed by atoms with Crippen molar-refractivity contribution < 1.29 is 22.8 Å². The van der Waals surface area contributed by atoms with E-state index in [-0.39, 0.29) is 36.0 Å². The first-order valence-electron chi connectivity index (χ1n) is 12.8. The number of thiophene rings is 1. The minimum atomic E-state index is -4.45. The van der Waals surface area contributed by atoms with Gasteiger partial charge in [0.15, 0.2) is 0 Å². The van der Waals surface area contributed by atoms with Gasteiger partial charge in [-0.15, -0.1) is 11.3 Å². The first-order valence-corrected chi connectivity index (χ1v) is 13.6. The van der Waals surface area contributed by atoms with Crippen LogP contribution in [0.3, 0.4) is 0 Å². The topological polar surface area (TPSA) is 43.9 Å². The van der Waals surface area contributed by atoms with Gasteiger partial charge >= 0.3 is 6.18 Å². The molecule has 0 unspecified atom stereocenters. The van der Waals surface area contributed by atoms with E-state index in [0.717, 1.165) is 25.1 Å². The molecule has 5 rings (SSSR count). The third kappa shape index (κ3) is 5.22. The summed E-state index contributed by atoms with van der Waals surface area (Å²) in [4.78, 5) is 33.6. The van der Waals surface area contributed by atoms with E-state index in [0.29, 0.717) is 19.6 Å². The molecule has 3 aromatic rings. The van der Waals surface area contributed by atoms with Crippen molar-refractivity contribution in [1.29, 1.82) is 0 Å². The Kier molecular flexibility index (Phi) is 7.33. The number of alkyl halides is 3. The van der Waals surface area contributed by atoms with Crippen molar-refractivity contribution in [2.75, 3.05) is 32.7 Å². The Labute approximate surface area is 224 Å². The smallest absolute Gasteiger partial charge is 0.338 e. The van der Waals surface area contributed by atoms with Gasteiger partial charge in [0, 0.05) is 42.7 Å². The van der Waals surface area contributed by atoms with Crippen molar-refractivity contribution >= 4 is 23.2 Å². The number of aryl methyl sites for hydroxylation is 1. The Morgan fingerprint density at radius 2 is 1.71 bits per heavy atom. The lowest BCUT2D eigenvalue weighted by Gasteiger charge is -2.42. The molecular weight excluding hydrogens is 511 g/mol. The van der Waals surface area contributed by atoms with Crippen LogP contribution in [0.15, 0.2) is 60.0 Å². The Morgan fingerprint density at radius 3 is 2.39 bits per heavy atom. The fraction of sp³-hybridized carbons (Fsp3) is 0.379. The zero-order chi connectivity index (χ0) is 27.0. The second-order valence-electron chi connectivity index (χ2n) is 10.0.